The van der Waals surface area contributed by atoms with Crippen LogP contribution >= 0.6 is 23.1 Å². The minimum atomic E-state index is 0.0484. The molecular formula is C14H16N2OS2. The zero-order valence-corrected chi connectivity index (χ0v) is 12.2. The fourth-order valence-corrected chi connectivity index (χ4v) is 4.30. The van der Waals surface area contributed by atoms with Crippen LogP contribution in [0.3, 0.4) is 0 Å². The van der Waals surface area contributed by atoms with Crippen molar-refractivity contribution in [3.8, 4) is 0 Å². The van der Waals surface area contributed by atoms with Crippen molar-refractivity contribution >= 4 is 44.8 Å². The number of hydrogen-bond acceptors (Lipinski definition) is 4. The third kappa shape index (κ3) is 2.87. The van der Waals surface area contributed by atoms with Crippen molar-refractivity contribution in [2.24, 2.45) is 0 Å². The predicted octanol–water partition coefficient (Wildman–Crippen LogP) is 3.11. The third-order valence-electron chi connectivity index (χ3n) is 3.26. The molecule has 0 spiro atoms. The van der Waals surface area contributed by atoms with Crippen LogP contribution in [0, 0.1) is 0 Å². The van der Waals surface area contributed by atoms with Gasteiger partial charge in [-0.05, 0) is 48.2 Å². The molecule has 0 radical (unpaired) electrons. The van der Waals surface area contributed by atoms with Gasteiger partial charge >= 0.3 is 0 Å². The molecule has 1 aliphatic heterocycles. The van der Waals surface area contributed by atoms with E-state index in [2.05, 4.69) is 5.32 Å². The first-order valence-electron chi connectivity index (χ1n) is 6.40. The number of nitrogen functional groups attached to an aromatic ring is 1. The van der Waals surface area contributed by atoms with Crippen molar-refractivity contribution in [2.45, 2.75) is 18.9 Å². The van der Waals surface area contributed by atoms with Crippen LogP contribution in [0.4, 0.5) is 5.69 Å². The summed E-state index contributed by atoms with van der Waals surface area (Å²) in [5, 5.41) is 4.18. The summed E-state index contributed by atoms with van der Waals surface area (Å²) in [5.41, 5.74) is 6.50. The Labute approximate surface area is 120 Å². The van der Waals surface area contributed by atoms with E-state index >= 15 is 0 Å². The van der Waals surface area contributed by atoms with Crippen molar-refractivity contribution in [1.82, 2.24) is 5.32 Å². The van der Waals surface area contributed by atoms with E-state index in [9.17, 15) is 4.79 Å². The zero-order chi connectivity index (χ0) is 13.2. The van der Waals surface area contributed by atoms with Gasteiger partial charge in [0.15, 0.2) is 0 Å². The van der Waals surface area contributed by atoms with E-state index in [1.54, 1.807) is 0 Å². The van der Waals surface area contributed by atoms with Crippen LogP contribution in [0.15, 0.2) is 24.3 Å². The molecular weight excluding hydrogens is 276 g/mol. The van der Waals surface area contributed by atoms with Crippen molar-refractivity contribution in [3.63, 3.8) is 0 Å². The lowest BCUT2D eigenvalue weighted by atomic mass is 10.2. The number of hydrogen-bond donors (Lipinski definition) is 2. The molecule has 1 fully saturated rings. The monoisotopic (exact) mass is 292 g/mol. The molecule has 1 amide bonds. The lowest BCUT2D eigenvalue weighted by molar-refractivity contribution is 0.0943. The highest BCUT2D eigenvalue weighted by atomic mass is 32.2. The minimum Gasteiger partial charge on any atom is -0.399 e. The average Bonchev–Trinajstić information content (AvgIpc) is 2.83. The molecule has 2 aromatic rings. The number of fused-ring (bicyclic) bond motifs is 1. The number of anilines is 1. The van der Waals surface area contributed by atoms with E-state index in [1.807, 2.05) is 36.0 Å². The molecule has 0 saturated carbocycles. The summed E-state index contributed by atoms with van der Waals surface area (Å²) in [6.45, 7) is 0. The minimum absolute atomic E-state index is 0.0484. The highest BCUT2D eigenvalue weighted by molar-refractivity contribution is 7.99. The molecule has 1 aromatic carbocycles. The van der Waals surface area contributed by atoms with Crippen LogP contribution in [-0.4, -0.2) is 23.5 Å². The number of nitrogens with one attached hydrogen (secondary N) is 1. The van der Waals surface area contributed by atoms with Gasteiger partial charge in [-0.15, -0.1) is 11.3 Å². The summed E-state index contributed by atoms with van der Waals surface area (Å²) in [7, 11) is 0. The molecule has 19 heavy (non-hydrogen) atoms. The Morgan fingerprint density at radius 2 is 2.26 bits per heavy atom. The first-order valence-corrected chi connectivity index (χ1v) is 8.37. The molecule has 3 rings (SSSR count). The van der Waals surface area contributed by atoms with Gasteiger partial charge in [-0.1, -0.05) is 0 Å². The Balaban J connectivity index is 1.77. The first kappa shape index (κ1) is 12.8. The summed E-state index contributed by atoms with van der Waals surface area (Å²) < 4.78 is 1.11. The second-order valence-corrected chi connectivity index (χ2v) is 7.03. The maximum absolute atomic E-state index is 12.2. The van der Waals surface area contributed by atoms with Gasteiger partial charge in [0.25, 0.3) is 5.91 Å². The van der Waals surface area contributed by atoms with Crippen LogP contribution in [0.5, 0.6) is 0 Å². The van der Waals surface area contributed by atoms with Gasteiger partial charge in [-0.2, -0.15) is 11.8 Å². The Morgan fingerprint density at radius 3 is 3.05 bits per heavy atom. The lowest BCUT2D eigenvalue weighted by Gasteiger charge is -2.21. The largest absolute Gasteiger partial charge is 0.399 e. The Morgan fingerprint density at radius 1 is 1.37 bits per heavy atom. The van der Waals surface area contributed by atoms with Crippen LogP contribution in [0.2, 0.25) is 0 Å². The fraction of sp³-hybridized carbons (Fsp3) is 0.357. The zero-order valence-electron chi connectivity index (χ0n) is 10.5. The van der Waals surface area contributed by atoms with E-state index in [-0.39, 0.29) is 5.91 Å². The molecule has 100 valence electrons. The standard InChI is InChI=1S/C14H16N2OS2/c15-10-3-4-12-9(6-10)7-13(19-12)14(17)16-11-2-1-5-18-8-11/h3-4,6-7,11H,1-2,5,8,15H2,(H,16,17). The van der Waals surface area contributed by atoms with Gasteiger partial charge in [-0.25, -0.2) is 0 Å². The molecule has 0 bridgehead atoms. The number of thiophene rings is 1. The average molecular weight is 292 g/mol. The molecule has 1 saturated heterocycles. The number of carbonyl (C=O) groups excluding carboxylic acids is 1. The Kier molecular flexibility index (Phi) is 3.66. The highest BCUT2D eigenvalue weighted by Crippen LogP contribution is 2.27. The molecule has 1 atom stereocenters. The van der Waals surface area contributed by atoms with Crippen LogP contribution < -0.4 is 11.1 Å². The van der Waals surface area contributed by atoms with Gasteiger partial charge in [0.1, 0.15) is 0 Å². The predicted molar refractivity (Wildman–Crippen MR) is 84.1 cm³/mol. The van der Waals surface area contributed by atoms with E-state index in [1.165, 1.54) is 23.5 Å². The van der Waals surface area contributed by atoms with E-state index in [0.717, 1.165) is 32.8 Å². The normalized spacial score (nSPS) is 19.5. The Hall–Kier alpha value is -1.20. The van der Waals surface area contributed by atoms with Crippen LogP contribution in [0.25, 0.3) is 10.1 Å². The number of rotatable bonds is 2. The SMILES string of the molecule is Nc1ccc2sc(C(=O)NC3CCCSC3)cc2c1. The Bertz CT molecular complexity index is 603. The molecule has 5 heteroatoms. The van der Waals surface area contributed by atoms with Crippen molar-refractivity contribution in [3.05, 3.63) is 29.1 Å². The quantitative estimate of drug-likeness (QED) is 0.836. The van der Waals surface area contributed by atoms with Gasteiger partial charge in [0, 0.05) is 22.2 Å². The topological polar surface area (TPSA) is 55.1 Å². The van der Waals surface area contributed by atoms with Crippen molar-refractivity contribution in [1.29, 1.82) is 0 Å². The number of amides is 1. The first-order chi connectivity index (χ1) is 9.22. The number of thioether (sulfide) groups is 1. The molecule has 3 N–H and O–H groups in total. The maximum Gasteiger partial charge on any atom is 0.261 e. The van der Waals surface area contributed by atoms with Gasteiger partial charge in [-0.3, -0.25) is 4.79 Å². The van der Waals surface area contributed by atoms with E-state index in [0.29, 0.717) is 6.04 Å². The second kappa shape index (κ2) is 5.43. The van der Waals surface area contributed by atoms with Crippen LogP contribution in [-0.2, 0) is 0 Å². The maximum atomic E-state index is 12.2. The number of benzene rings is 1. The van der Waals surface area contributed by atoms with Gasteiger partial charge in [0.2, 0.25) is 0 Å². The summed E-state index contributed by atoms with van der Waals surface area (Å²) in [4.78, 5) is 13.0. The van der Waals surface area contributed by atoms with Crippen molar-refractivity contribution < 1.29 is 4.79 Å². The summed E-state index contributed by atoms with van der Waals surface area (Å²) in [6, 6.07) is 8.02. The van der Waals surface area contributed by atoms with Crippen molar-refractivity contribution in [2.75, 3.05) is 17.2 Å². The summed E-state index contributed by atoms with van der Waals surface area (Å²) in [5.74, 6) is 2.30. The van der Waals surface area contributed by atoms with E-state index < -0.39 is 0 Å². The summed E-state index contributed by atoms with van der Waals surface area (Å²) >= 11 is 3.45. The highest BCUT2D eigenvalue weighted by Gasteiger charge is 2.18. The van der Waals surface area contributed by atoms with Crippen LogP contribution in [0.1, 0.15) is 22.5 Å². The lowest BCUT2D eigenvalue weighted by Crippen LogP contribution is -2.37. The second-order valence-electron chi connectivity index (χ2n) is 4.80. The number of carbonyl (C=O) groups is 1. The molecule has 1 aromatic heterocycles. The third-order valence-corrected chi connectivity index (χ3v) is 5.59. The summed E-state index contributed by atoms with van der Waals surface area (Å²) in [6.07, 6.45) is 2.29. The van der Waals surface area contributed by atoms with Gasteiger partial charge in [0.05, 0.1) is 4.88 Å². The molecule has 1 aliphatic rings. The molecule has 2 heterocycles. The molecule has 3 nitrogen and oxygen atoms in total. The smallest absolute Gasteiger partial charge is 0.261 e. The molecule has 0 aliphatic carbocycles. The molecule has 1 unspecified atom stereocenters. The van der Waals surface area contributed by atoms with Gasteiger partial charge < -0.3 is 11.1 Å². The van der Waals surface area contributed by atoms with E-state index in [4.69, 9.17) is 5.73 Å². The number of nitrogens with two attached hydrogens (primary N) is 1. The fourth-order valence-electron chi connectivity index (χ4n) is 2.28.